The van der Waals surface area contributed by atoms with Crippen molar-refractivity contribution in [2.75, 3.05) is 5.08 Å². The first kappa shape index (κ1) is 2.70. The molecule has 0 spiro atoms. The third-order valence-corrected chi connectivity index (χ3v) is 2.29. The Morgan fingerprint density at radius 1 is 2.00 bits per heavy atom. The first-order valence-corrected chi connectivity index (χ1v) is 3.94. The number of rotatable bonds is 0. The Hall–Kier alpha value is 0.480. The van der Waals surface area contributed by atoms with Crippen molar-refractivity contribution in [1.82, 2.24) is 0 Å². The van der Waals surface area contributed by atoms with Crippen LogP contribution < -0.4 is 0 Å². The molecule has 0 radical (unpaired) electrons. The lowest BCUT2D eigenvalue weighted by molar-refractivity contribution is 2.42. The molecule has 1 heterocycles. The van der Waals surface area contributed by atoms with E-state index in [1.165, 1.54) is 5.08 Å². The van der Waals surface area contributed by atoms with Gasteiger partial charge in [-0.05, 0) is 0 Å². The zero-order chi connectivity index (χ0) is 2.99. The van der Waals surface area contributed by atoms with Crippen LogP contribution >= 0.6 is 10.8 Å². The third kappa shape index (κ3) is 0.449. The predicted molar refractivity (Wildman–Crippen MR) is 24.8 cm³/mol. The monoisotopic (exact) mass is 91.0 g/mol. The molecular weight excluding hydrogens is 88.2 g/mol. The summed E-state index contributed by atoms with van der Waals surface area (Å²) >= 11 is 0. The van der Waals surface area contributed by atoms with E-state index >= 15 is 0 Å². The van der Waals surface area contributed by atoms with Gasteiger partial charge in [-0.2, -0.15) is 0 Å². The molecule has 0 aromatic heterocycles. The molecule has 0 bridgehead atoms. The van der Waals surface area contributed by atoms with Crippen molar-refractivity contribution in [1.29, 1.82) is 0 Å². The molecule has 0 atom stereocenters. The second kappa shape index (κ2) is 0.713. The van der Waals surface area contributed by atoms with Crippen LogP contribution in [-0.2, 0) is 9.33 Å². The van der Waals surface area contributed by atoms with Crippen molar-refractivity contribution in [3.05, 3.63) is 0 Å². The van der Waals surface area contributed by atoms with Gasteiger partial charge in [-0.15, -0.1) is 0 Å². The standard InChI is InChI=1S/C2H3S2/c1-4-2-3-4/h1H,2H2/q-1. The fraction of sp³-hybridized carbons (Fsp3) is 0.500. The summed E-state index contributed by atoms with van der Waals surface area (Å²) in [5.41, 5.74) is 5.21. The van der Waals surface area contributed by atoms with E-state index in [-0.39, 0.29) is 0 Å². The van der Waals surface area contributed by atoms with E-state index in [4.69, 9.17) is 5.69 Å². The predicted octanol–water partition coefficient (Wildman–Crippen LogP) is 0.813. The molecule has 0 aliphatic carbocycles. The molecule has 4 heavy (non-hydrogen) atoms. The van der Waals surface area contributed by atoms with Gasteiger partial charge in [0.25, 0.3) is 0 Å². The van der Waals surface area contributed by atoms with Crippen molar-refractivity contribution in [2.45, 2.75) is 0 Å². The molecule has 0 nitrogen and oxygen atoms in total. The Balaban J connectivity index is 2.79. The first-order chi connectivity index (χ1) is 1.89. The molecule has 0 aromatic carbocycles. The van der Waals surface area contributed by atoms with Crippen LogP contribution in [0.1, 0.15) is 0 Å². The Morgan fingerprint density at radius 3 is 2.25 bits per heavy atom. The van der Waals surface area contributed by atoms with Gasteiger partial charge in [0.05, 0.1) is 0 Å². The molecular formula is C2H3S2-. The quantitative estimate of drug-likeness (QED) is 0.241. The van der Waals surface area contributed by atoms with Crippen LogP contribution in [0.2, 0.25) is 0 Å². The summed E-state index contributed by atoms with van der Waals surface area (Å²) in [6, 6.07) is 0. The summed E-state index contributed by atoms with van der Waals surface area (Å²) in [6.07, 6.45) is 0. The molecule has 0 amide bonds. The summed E-state index contributed by atoms with van der Waals surface area (Å²) in [4.78, 5) is 0. The lowest BCUT2D eigenvalue weighted by Gasteiger charge is -1.54. The van der Waals surface area contributed by atoms with E-state index < -0.39 is 0 Å². The van der Waals surface area contributed by atoms with E-state index in [1.54, 1.807) is 0 Å². The Bertz CT molecular complexity index is 67.8. The van der Waals surface area contributed by atoms with Gasteiger partial charge in [-0.3, -0.25) is 0 Å². The zero-order valence-corrected chi connectivity index (χ0v) is 3.73. The minimum Gasteiger partial charge on any atom is -0.397 e. The molecule has 1 saturated heterocycles. The van der Waals surface area contributed by atoms with Crippen molar-refractivity contribution in [2.24, 2.45) is 0 Å². The molecule has 0 N–H and O–H groups in total. The molecule has 2 heteroatoms. The first-order valence-electron chi connectivity index (χ1n) is 0.980. The summed E-state index contributed by atoms with van der Waals surface area (Å²) < 4.78 is 0. The normalized spacial score (nSPS) is 25.8. The SMILES string of the molecule is C#[S-]1CS1. The van der Waals surface area contributed by atoms with Crippen LogP contribution in [-0.4, -0.2) is 5.08 Å². The molecule has 0 aromatic rings. The van der Waals surface area contributed by atoms with Crippen molar-refractivity contribution in [3.8, 4) is 5.69 Å². The van der Waals surface area contributed by atoms with Gasteiger partial charge in [-0.25, -0.2) is 0 Å². The molecule has 1 rings (SSSR count). The van der Waals surface area contributed by atoms with Crippen LogP contribution in [0.25, 0.3) is 0 Å². The Labute approximate surface area is 31.6 Å². The maximum Gasteiger partial charge on any atom is -0.0985 e. The average molecular weight is 91.2 g/mol. The van der Waals surface area contributed by atoms with Crippen LogP contribution in [0.3, 0.4) is 0 Å². The van der Waals surface area contributed by atoms with E-state index in [2.05, 4.69) is 0 Å². The molecule has 0 unspecified atom stereocenters. The van der Waals surface area contributed by atoms with Crippen LogP contribution in [0.5, 0.6) is 0 Å². The van der Waals surface area contributed by atoms with Crippen LogP contribution in [0.15, 0.2) is 0 Å². The van der Waals surface area contributed by atoms with E-state index in [0.29, 0.717) is 9.33 Å². The number of hydrogen-bond acceptors (Lipinski definition) is 2. The summed E-state index contributed by atoms with van der Waals surface area (Å²) in [5, 5.41) is 1.21. The van der Waals surface area contributed by atoms with Gasteiger partial charge in [0.1, 0.15) is 0 Å². The lowest BCUT2D eigenvalue weighted by Crippen LogP contribution is -1.24. The third-order valence-electron chi connectivity index (χ3n) is 0.254. The van der Waals surface area contributed by atoms with Crippen molar-refractivity contribution < 1.29 is 0 Å². The van der Waals surface area contributed by atoms with Crippen molar-refractivity contribution >= 4 is 20.1 Å². The molecule has 1 aliphatic heterocycles. The Kier molecular flexibility index (Phi) is 0.482. The van der Waals surface area contributed by atoms with E-state index in [1.807, 2.05) is 10.8 Å². The second-order valence-corrected chi connectivity index (χ2v) is 4.55. The molecule has 0 saturated carbocycles. The number of hydrogen-bond donors (Lipinski definition) is 0. The van der Waals surface area contributed by atoms with Crippen LogP contribution in [0, 0.1) is 5.69 Å². The van der Waals surface area contributed by atoms with Gasteiger partial charge in [0.2, 0.25) is 0 Å². The van der Waals surface area contributed by atoms with Crippen molar-refractivity contribution in [3.63, 3.8) is 0 Å². The summed E-state index contributed by atoms with van der Waals surface area (Å²) in [7, 11) is 2.13. The van der Waals surface area contributed by atoms with Gasteiger partial charge >= 0.3 is 0 Å². The van der Waals surface area contributed by atoms with Crippen LogP contribution in [0.4, 0.5) is 0 Å². The highest BCUT2D eigenvalue weighted by atomic mass is 33.2. The maximum atomic E-state index is 5.21. The summed E-state index contributed by atoms with van der Waals surface area (Å²) in [6.45, 7) is 0. The molecule has 24 valence electrons. The second-order valence-electron chi connectivity index (χ2n) is 0.616. The largest absolute Gasteiger partial charge is 0.397 e. The lowest BCUT2D eigenvalue weighted by atomic mass is 11.9. The van der Waals surface area contributed by atoms with Gasteiger partial charge < -0.3 is 25.8 Å². The van der Waals surface area contributed by atoms with Gasteiger partial charge in [0, 0.05) is 0 Å². The Morgan fingerprint density at radius 2 is 2.25 bits per heavy atom. The van der Waals surface area contributed by atoms with Gasteiger partial charge in [-0.1, -0.05) is 5.08 Å². The highest BCUT2D eigenvalue weighted by Gasteiger charge is 1.79. The summed E-state index contributed by atoms with van der Waals surface area (Å²) in [5.74, 6) is 0. The zero-order valence-electron chi connectivity index (χ0n) is 2.10. The fourth-order valence-corrected chi connectivity index (χ4v) is 0.750. The molecule has 1 fully saturated rings. The maximum absolute atomic E-state index is 5.21. The van der Waals surface area contributed by atoms with Gasteiger partial charge in [0.15, 0.2) is 0 Å². The molecule has 1 aliphatic rings. The van der Waals surface area contributed by atoms with E-state index in [9.17, 15) is 0 Å². The topological polar surface area (TPSA) is 0 Å². The average Bonchev–Trinajstić information content (AvgIpc) is 1.75. The highest BCUT2D eigenvalue weighted by Crippen LogP contribution is 2.24. The minimum absolute atomic E-state index is 0.306. The smallest absolute Gasteiger partial charge is 0.0985 e. The minimum atomic E-state index is 0.306. The fourth-order valence-electron chi connectivity index (χ4n) is 0.0278. The highest BCUT2D eigenvalue weighted by molar-refractivity contribution is 8.84. The van der Waals surface area contributed by atoms with E-state index in [0.717, 1.165) is 0 Å².